The number of ether oxygens (including phenoxy) is 1. The summed E-state index contributed by atoms with van der Waals surface area (Å²) in [4.78, 5) is 48.4. The zero-order valence-electron chi connectivity index (χ0n) is 30.8. The summed E-state index contributed by atoms with van der Waals surface area (Å²) in [6.07, 6.45) is 3.25. The van der Waals surface area contributed by atoms with Crippen molar-refractivity contribution in [1.82, 2.24) is 30.8 Å². The molecule has 2 amide bonds. The molecule has 11 N–H and O–H groups in total. The normalized spacial score (nSPS) is 17.0. The molecule has 0 unspecified atom stereocenters. The molecule has 1 aliphatic heterocycles. The molecule has 3 atom stereocenters. The van der Waals surface area contributed by atoms with Crippen molar-refractivity contribution in [2.45, 2.75) is 90.9 Å². The van der Waals surface area contributed by atoms with E-state index in [0.29, 0.717) is 43.5 Å². The molecule has 2 heterocycles. The molecule has 0 spiro atoms. The minimum Gasteiger partial charge on any atom is -0.480 e. The Kier molecular flexibility index (Phi) is 16.8. The first-order chi connectivity index (χ1) is 23.4. The van der Waals surface area contributed by atoms with Crippen molar-refractivity contribution in [3.05, 3.63) is 52.2 Å². The lowest BCUT2D eigenvalue weighted by Gasteiger charge is -2.26. The van der Waals surface area contributed by atoms with Crippen LogP contribution in [0, 0.1) is 5.92 Å². The quantitative estimate of drug-likeness (QED) is 0.0756. The van der Waals surface area contributed by atoms with Crippen molar-refractivity contribution in [3.8, 4) is 11.1 Å². The average Bonchev–Trinajstić information content (AvgIpc) is 3.37. The predicted molar refractivity (Wildman–Crippen MR) is 198 cm³/mol. The molecule has 0 aliphatic carbocycles. The highest BCUT2D eigenvalue weighted by molar-refractivity contribution is 5.75. The summed E-state index contributed by atoms with van der Waals surface area (Å²) in [6, 6.07) is 7.81. The van der Waals surface area contributed by atoms with Gasteiger partial charge in [0.1, 0.15) is 12.4 Å². The number of carbonyl (C=O) groups excluding carboxylic acids is 1. The van der Waals surface area contributed by atoms with E-state index in [9.17, 15) is 14.4 Å². The van der Waals surface area contributed by atoms with Gasteiger partial charge in [0, 0.05) is 55.4 Å². The third-order valence-corrected chi connectivity index (χ3v) is 7.75. The number of aliphatic carboxylic acids is 1. The molecule has 1 aromatic heterocycles. The number of nitrogens with one attached hydrogen (secondary N) is 4. The molecule has 15 heteroatoms. The molecule has 15 nitrogen and oxygen atoms in total. The molecule has 1 aliphatic rings. The number of aliphatic imine (C=N–C) groups is 1. The van der Waals surface area contributed by atoms with E-state index in [2.05, 4.69) is 42.7 Å². The van der Waals surface area contributed by atoms with E-state index in [4.69, 9.17) is 27.0 Å². The minimum absolute atomic E-state index is 0.00996. The van der Waals surface area contributed by atoms with Gasteiger partial charge in [0.15, 0.2) is 5.96 Å². The Bertz CT molecular complexity index is 1430. The van der Waals surface area contributed by atoms with Crippen LogP contribution in [0.5, 0.6) is 0 Å². The van der Waals surface area contributed by atoms with Gasteiger partial charge < -0.3 is 48.0 Å². The Labute approximate surface area is 296 Å². The SMILES string of the molecule is CC(C)(C)c1ncc(-c2ccc(CNCCCN=C(N)N)cc2)c(=O)[nH]1.C[C@@H](CN)CN1C[C@H](NC(=O)NC(C)(C)C)C[C@@H]1COCC(=O)O. The van der Waals surface area contributed by atoms with Gasteiger partial charge in [-0.25, -0.2) is 14.6 Å². The van der Waals surface area contributed by atoms with Crippen molar-refractivity contribution in [2.75, 3.05) is 45.9 Å². The first kappa shape index (κ1) is 42.1. The fourth-order valence-corrected chi connectivity index (χ4v) is 5.23. The number of aromatic nitrogens is 2. The summed E-state index contributed by atoms with van der Waals surface area (Å²) in [5, 5.41) is 17.9. The third-order valence-electron chi connectivity index (χ3n) is 7.75. The van der Waals surface area contributed by atoms with Crippen LogP contribution < -0.4 is 38.7 Å². The zero-order chi connectivity index (χ0) is 37.5. The molecule has 0 radical (unpaired) electrons. The number of urea groups is 1. The first-order valence-corrected chi connectivity index (χ1v) is 17.2. The maximum atomic E-state index is 12.4. The summed E-state index contributed by atoms with van der Waals surface area (Å²) >= 11 is 0. The molecule has 0 saturated carbocycles. The number of nitrogens with two attached hydrogens (primary N) is 3. The van der Waals surface area contributed by atoms with Gasteiger partial charge in [-0.1, -0.05) is 52.0 Å². The maximum absolute atomic E-state index is 12.4. The smallest absolute Gasteiger partial charge is 0.329 e. The Balaban J connectivity index is 0.000000348. The van der Waals surface area contributed by atoms with Gasteiger partial charge in [-0.2, -0.15) is 0 Å². The molecule has 1 fully saturated rings. The van der Waals surface area contributed by atoms with Crippen molar-refractivity contribution >= 4 is 18.0 Å². The van der Waals surface area contributed by atoms with E-state index < -0.39 is 5.97 Å². The molecule has 1 aromatic carbocycles. The summed E-state index contributed by atoms with van der Waals surface area (Å²) in [6.45, 7) is 18.2. The minimum atomic E-state index is -0.978. The second-order valence-electron chi connectivity index (χ2n) is 14.9. The van der Waals surface area contributed by atoms with Gasteiger partial charge >= 0.3 is 12.0 Å². The molecule has 1 saturated heterocycles. The second-order valence-corrected chi connectivity index (χ2v) is 14.9. The number of likely N-dealkylation sites (tertiary alicyclic amines) is 1. The average molecular weight is 701 g/mol. The number of aromatic amines is 1. The fraction of sp³-hybridized carbons (Fsp3) is 0.629. The van der Waals surface area contributed by atoms with Crippen LogP contribution in [0.4, 0.5) is 4.79 Å². The number of nitrogens with zero attached hydrogens (tertiary/aromatic N) is 3. The number of carboxylic acids is 1. The topological polar surface area (TPSA) is 239 Å². The number of rotatable bonds is 15. The van der Waals surface area contributed by atoms with E-state index in [0.717, 1.165) is 43.6 Å². The molecule has 280 valence electrons. The van der Waals surface area contributed by atoms with E-state index in [-0.39, 0.29) is 47.2 Å². The van der Waals surface area contributed by atoms with E-state index in [1.54, 1.807) is 6.20 Å². The highest BCUT2D eigenvalue weighted by Gasteiger charge is 2.34. The molecule has 2 aromatic rings. The molecular formula is C35H60N10O5. The number of hydrogen-bond donors (Lipinski definition) is 8. The van der Waals surface area contributed by atoms with Crippen LogP contribution in [-0.2, 0) is 21.5 Å². The number of guanidine groups is 1. The number of H-pyrrole nitrogens is 1. The number of carbonyl (C=O) groups is 2. The predicted octanol–water partition coefficient (Wildman–Crippen LogP) is 1.71. The summed E-state index contributed by atoms with van der Waals surface area (Å²) in [5.74, 6) is 0.164. The highest BCUT2D eigenvalue weighted by atomic mass is 16.5. The second kappa shape index (κ2) is 20.0. The molecule has 3 rings (SSSR count). The van der Waals surface area contributed by atoms with Crippen molar-refractivity contribution in [1.29, 1.82) is 0 Å². The lowest BCUT2D eigenvalue weighted by atomic mass is 9.95. The van der Waals surface area contributed by atoms with Crippen LogP contribution in [0.25, 0.3) is 11.1 Å². The standard InChI is InChI=1S/C19H28N6O.C16H32N4O4/c1-19(2,3)17-24-12-15(16(26)25-17)14-7-5-13(6-8-14)11-22-9-4-10-23-18(20)21;1-11(6-17)7-20-8-12(18-15(23)19-16(2,3)4)5-13(20)9-24-10-14(21)22/h5-8,12,22H,4,9-11H2,1-3H3,(H4,20,21,23)(H,24,25,26);11-13H,5-10,17H2,1-4H3,(H,21,22)(H2,18,19,23)/t;11-,12+,13+/m.0/s1. The summed E-state index contributed by atoms with van der Waals surface area (Å²) in [7, 11) is 0. The number of benzene rings is 1. The Morgan fingerprint density at radius 2 is 1.84 bits per heavy atom. The van der Waals surface area contributed by atoms with Crippen molar-refractivity contribution < 1.29 is 19.4 Å². The van der Waals surface area contributed by atoms with Crippen LogP contribution in [0.2, 0.25) is 0 Å². The number of carboxylic acid groups (broad SMARTS) is 1. The van der Waals surface area contributed by atoms with Crippen LogP contribution in [-0.4, -0.2) is 101 Å². The summed E-state index contributed by atoms with van der Waals surface area (Å²) < 4.78 is 5.26. The lowest BCUT2D eigenvalue weighted by molar-refractivity contribution is -0.142. The Morgan fingerprint density at radius 1 is 1.16 bits per heavy atom. The molecule has 50 heavy (non-hydrogen) atoms. The number of hydrogen-bond acceptors (Lipinski definition) is 9. The van der Waals surface area contributed by atoms with Crippen molar-refractivity contribution in [3.63, 3.8) is 0 Å². The van der Waals surface area contributed by atoms with Crippen LogP contribution >= 0.6 is 0 Å². The van der Waals surface area contributed by atoms with E-state index >= 15 is 0 Å². The third kappa shape index (κ3) is 16.1. The van der Waals surface area contributed by atoms with Gasteiger partial charge in [0.25, 0.3) is 5.56 Å². The van der Waals surface area contributed by atoms with Crippen molar-refractivity contribution in [2.24, 2.45) is 28.1 Å². The van der Waals surface area contributed by atoms with E-state index in [1.807, 2.05) is 65.8 Å². The van der Waals surface area contributed by atoms with Crippen LogP contribution in [0.15, 0.2) is 40.2 Å². The van der Waals surface area contributed by atoms with E-state index in [1.165, 1.54) is 0 Å². The summed E-state index contributed by atoms with van der Waals surface area (Å²) in [5.41, 5.74) is 18.3. The lowest BCUT2D eigenvalue weighted by Crippen LogP contribution is -2.50. The Hall–Kier alpha value is -4.05. The van der Waals surface area contributed by atoms with Gasteiger partial charge in [-0.15, -0.1) is 0 Å². The zero-order valence-corrected chi connectivity index (χ0v) is 30.8. The Morgan fingerprint density at radius 3 is 2.40 bits per heavy atom. The highest BCUT2D eigenvalue weighted by Crippen LogP contribution is 2.21. The van der Waals surface area contributed by atoms with Gasteiger partial charge in [-0.05, 0) is 63.7 Å². The van der Waals surface area contributed by atoms with Crippen LogP contribution in [0.3, 0.4) is 0 Å². The fourth-order valence-electron chi connectivity index (χ4n) is 5.23. The van der Waals surface area contributed by atoms with Gasteiger partial charge in [0.2, 0.25) is 0 Å². The van der Waals surface area contributed by atoms with Gasteiger partial charge in [0.05, 0.1) is 12.2 Å². The first-order valence-electron chi connectivity index (χ1n) is 17.2. The number of amides is 2. The monoisotopic (exact) mass is 700 g/mol. The van der Waals surface area contributed by atoms with Gasteiger partial charge in [-0.3, -0.25) is 14.7 Å². The molecule has 0 bridgehead atoms. The maximum Gasteiger partial charge on any atom is 0.329 e. The largest absolute Gasteiger partial charge is 0.480 e. The van der Waals surface area contributed by atoms with Crippen LogP contribution in [0.1, 0.15) is 72.7 Å². The molecular weight excluding hydrogens is 640 g/mol.